The van der Waals surface area contributed by atoms with E-state index in [1.807, 2.05) is 37.3 Å². The van der Waals surface area contributed by atoms with Gasteiger partial charge in [-0.3, -0.25) is 4.79 Å². The Morgan fingerprint density at radius 1 is 1.33 bits per heavy atom. The molecule has 2 aromatic rings. The molecular weight excluding hydrogens is 324 g/mol. The summed E-state index contributed by atoms with van der Waals surface area (Å²) >= 11 is 1.33. The number of oxime groups is 1. The van der Waals surface area contributed by atoms with Crippen LogP contribution in [0, 0.1) is 0 Å². The van der Waals surface area contributed by atoms with Crippen molar-refractivity contribution in [1.29, 1.82) is 0 Å². The molecule has 2 N–H and O–H groups in total. The molecule has 0 aliphatic carbocycles. The van der Waals surface area contributed by atoms with Gasteiger partial charge in [-0.2, -0.15) is 0 Å². The predicted molar refractivity (Wildman–Crippen MR) is 98.7 cm³/mol. The molecule has 1 aromatic heterocycles. The maximum absolute atomic E-state index is 11.6. The van der Waals surface area contributed by atoms with Crippen molar-refractivity contribution in [2.75, 3.05) is 11.9 Å². The van der Waals surface area contributed by atoms with E-state index in [1.54, 1.807) is 6.92 Å². The molecule has 24 heavy (non-hydrogen) atoms. The SMILES string of the molecule is C=C(OCC)c1c(NC(C)=O)sc(/C(C)=N\O)c1-c1ccccc1. The largest absolute Gasteiger partial charge is 0.494 e. The second kappa shape index (κ2) is 7.79. The highest BCUT2D eigenvalue weighted by molar-refractivity contribution is 7.19. The summed E-state index contributed by atoms with van der Waals surface area (Å²) in [6, 6.07) is 9.68. The van der Waals surface area contributed by atoms with E-state index in [-0.39, 0.29) is 5.91 Å². The second-order valence-corrected chi connectivity index (χ2v) is 6.12. The lowest BCUT2D eigenvalue weighted by Crippen LogP contribution is -2.06. The van der Waals surface area contributed by atoms with Crippen LogP contribution >= 0.6 is 11.3 Å². The molecule has 0 radical (unpaired) electrons. The zero-order valence-electron chi connectivity index (χ0n) is 13.9. The lowest BCUT2D eigenvalue weighted by Gasteiger charge is -2.12. The van der Waals surface area contributed by atoms with Gasteiger partial charge in [0.2, 0.25) is 5.91 Å². The first-order valence-corrected chi connectivity index (χ1v) is 8.32. The normalized spacial score (nSPS) is 11.2. The topological polar surface area (TPSA) is 70.9 Å². The molecule has 0 aliphatic heterocycles. The lowest BCUT2D eigenvalue weighted by molar-refractivity contribution is -0.114. The lowest BCUT2D eigenvalue weighted by atomic mass is 9.99. The molecule has 5 nitrogen and oxygen atoms in total. The van der Waals surface area contributed by atoms with Gasteiger partial charge in [0.15, 0.2) is 0 Å². The van der Waals surface area contributed by atoms with E-state index in [4.69, 9.17) is 4.74 Å². The van der Waals surface area contributed by atoms with Gasteiger partial charge in [0, 0.05) is 12.5 Å². The summed E-state index contributed by atoms with van der Waals surface area (Å²) in [6.45, 7) is 9.49. The van der Waals surface area contributed by atoms with E-state index in [2.05, 4.69) is 17.1 Å². The molecule has 0 spiro atoms. The first-order chi connectivity index (χ1) is 11.5. The number of hydrogen-bond donors (Lipinski definition) is 2. The van der Waals surface area contributed by atoms with Crippen molar-refractivity contribution in [3.05, 3.63) is 47.4 Å². The number of thiophene rings is 1. The van der Waals surface area contributed by atoms with Crippen LogP contribution in [0.25, 0.3) is 16.9 Å². The number of amides is 1. The van der Waals surface area contributed by atoms with Gasteiger partial charge in [0.1, 0.15) is 10.8 Å². The Labute approximate surface area is 145 Å². The fraction of sp³-hybridized carbons (Fsp3) is 0.222. The van der Waals surface area contributed by atoms with Crippen molar-refractivity contribution in [1.82, 2.24) is 0 Å². The van der Waals surface area contributed by atoms with Crippen molar-refractivity contribution >= 4 is 33.7 Å². The van der Waals surface area contributed by atoms with Crippen LogP contribution in [0.3, 0.4) is 0 Å². The molecule has 0 saturated carbocycles. The molecule has 0 aliphatic rings. The van der Waals surface area contributed by atoms with Crippen molar-refractivity contribution in [2.45, 2.75) is 20.8 Å². The molecule has 126 valence electrons. The Morgan fingerprint density at radius 2 is 2.00 bits per heavy atom. The van der Waals surface area contributed by atoms with Gasteiger partial charge in [-0.1, -0.05) is 42.1 Å². The van der Waals surface area contributed by atoms with Crippen LogP contribution in [0.15, 0.2) is 42.1 Å². The van der Waals surface area contributed by atoms with E-state index in [0.717, 1.165) is 16.0 Å². The molecule has 6 heteroatoms. The summed E-state index contributed by atoms with van der Waals surface area (Å²) in [6.07, 6.45) is 0. The fourth-order valence-corrected chi connectivity index (χ4v) is 3.60. The molecular formula is C18H20N2O3S. The molecule has 1 aromatic carbocycles. The van der Waals surface area contributed by atoms with Crippen molar-refractivity contribution in [3.63, 3.8) is 0 Å². The third-order valence-electron chi connectivity index (χ3n) is 3.34. The number of anilines is 1. The monoisotopic (exact) mass is 344 g/mol. The minimum absolute atomic E-state index is 0.188. The number of carbonyl (C=O) groups is 1. The van der Waals surface area contributed by atoms with Crippen LogP contribution in [-0.4, -0.2) is 23.4 Å². The number of ether oxygens (including phenoxy) is 1. The summed E-state index contributed by atoms with van der Waals surface area (Å²) in [4.78, 5) is 12.3. The quantitative estimate of drug-likeness (QED) is 0.349. The van der Waals surface area contributed by atoms with Crippen LogP contribution < -0.4 is 5.32 Å². The summed E-state index contributed by atoms with van der Waals surface area (Å²) in [5, 5.41) is 16.0. The molecule has 1 heterocycles. The molecule has 0 saturated heterocycles. The standard InChI is InChI=1S/C18H20N2O3S/c1-5-23-12(3)15-16(14-9-7-6-8-10-14)17(11(2)20-22)24-18(15)19-13(4)21/h6-10,22H,3,5H2,1-2,4H3,(H,19,21)/b20-11-. The first-order valence-electron chi connectivity index (χ1n) is 7.50. The first kappa shape index (κ1) is 17.7. The fourth-order valence-electron chi connectivity index (χ4n) is 2.37. The van der Waals surface area contributed by atoms with Crippen LogP contribution in [0.4, 0.5) is 5.00 Å². The minimum atomic E-state index is -0.188. The maximum atomic E-state index is 11.6. The molecule has 0 unspecified atom stereocenters. The highest BCUT2D eigenvalue weighted by Gasteiger charge is 2.24. The van der Waals surface area contributed by atoms with Crippen molar-refractivity contribution < 1.29 is 14.7 Å². The van der Waals surface area contributed by atoms with E-state index in [9.17, 15) is 10.0 Å². The van der Waals surface area contributed by atoms with Crippen molar-refractivity contribution in [3.8, 4) is 11.1 Å². The molecule has 0 fully saturated rings. The number of nitrogens with one attached hydrogen (secondary N) is 1. The van der Waals surface area contributed by atoms with Crippen molar-refractivity contribution in [2.24, 2.45) is 5.16 Å². The van der Waals surface area contributed by atoms with Gasteiger partial charge in [-0.15, -0.1) is 11.3 Å². The third-order valence-corrected chi connectivity index (χ3v) is 4.55. The summed E-state index contributed by atoms with van der Waals surface area (Å²) < 4.78 is 5.60. The van der Waals surface area contributed by atoms with Crippen LogP contribution in [-0.2, 0) is 9.53 Å². The van der Waals surface area contributed by atoms with E-state index >= 15 is 0 Å². The van der Waals surface area contributed by atoms with Crippen LogP contribution in [0.2, 0.25) is 0 Å². The maximum Gasteiger partial charge on any atom is 0.221 e. The Balaban J connectivity index is 2.77. The third kappa shape index (κ3) is 3.65. The van der Waals surface area contributed by atoms with E-state index < -0.39 is 0 Å². The predicted octanol–water partition coefficient (Wildman–Crippen LogP) is 4.58. The zero-order valence-corrected chi connectivity index (χ0v) is 14.7. The van der Waals surface area contributed by atoms with Gasteiger partial charge in [-0.05, 0) is 19.4 Å². The summed E-state index contributed by atoms with van der Waals surface area (Å²) in [5.41, 5.74) is 2.93. The number of carbonyl (C=O) groups excluding carboxylic acids is 1. The number of benzene rings is 1. The minimum Gasteiger partial charge on any atom is -0.494 e. The van der Waals surface area contributed by atoms with E-state index in [1.165, 1.54) is 18.3 Å². The summed E-state index contributed by atoms with van der Waals surface area (Å²) in [7, 11) is 0. The molecule has 2 rings (SSSR count). The highest BCUT2D eigenvalue weighted by atomic mass is 32.1. The Hall–Kier alpha value is -2.60. The average molecular weight is 344 g/mol. The second-order valence-electron chi connectivity index (χ2n) is 5.10. The zero-order chi connectivity index (χ0) is 17.7. The smallest absolute Gasteiger partial charge is 0.221 e. The summed E-state index contributed by atoms with van der Waals surface area (Å²) in [5.74, 6) is 0.278. The molecule has 1 amide bonds. The van der Waals surface area contributed by atoms with Crippen LogP contribution in [0.1, 0.15) is 31.2 Å². The van der Waals surface area contributed by atoms with Gasteiger partial charge in [-0.25, -0.2) is 0 Å². The van der Waals surface area contributed by atoms with Gasteiger partial charge >= 0.3 is 0 Å². The number of hydrogen-bond acceptors (Lipinski definition) is 5. The van der Waals surface area contributed by atoms with Gasteiger partial charge in [0.05, 0.1) is 22.8 Å². The Bertz CT molecular complexity index is 779. The molecule has 0 bridgehead atoms. The van der Waals surface area contributed by atoms with E-state index in [0.29, 0.717) is 28.6 Å². The Kier molecular flexibility index (Phi) is 5.76. The number of nitrogens with zero attached hydrogens (tertiary/aromatic N) is 1. The molecule has 0 atom stereocenters. The van der Waals surface area contributed by atoms with Gasteiger partial charge in [0.25, 0.3) is 0 Å². The Morgan fingerprint density at radius 3 is 2.54 bits per heavy atom. The highest BCUT2D eigenvalue weighted by Crippen LogP contribution is 2.44. The average Bonchev–Trinajstić information content (AvgIpc) is 2.93. The van der Waals surface area contributed by atoms with Crippen LogP contribution in [0.5, 0.6) is 0 Å². The number of rotatable bonds is 6. The van der Waals surface area contributed by atoms with Gasteiger partial charge < -0.3 is 15.3 Å².